The molecule has 0 saturated carbocycles. The summed E-state index contributed by atoms with van der Waals surface area (Å²) in [4.78, 5) is 12.0. The zero-order valence-corrected chi connectivity index (χ0v) is 12.7. The number of rotatable bonds is 6. The van der Waals surface area contributed by atoms with Gasteiger partial charge in [-0.05, 0) is 12.1 Å². The molecule has 1 aromatic carbocycles. The fourth-order valence-electron chi connectivity index (χ4n) is 1.71. The molecule has 1 heterocycles. The number of anilines is 1. The van der Waals surface area contributed by atoms with Crippen molar-refractivity contribution < 1.29 is 9.53 Å². The number of aromatic nitrogens is 3. The lowest BCUT2D eigenvalue weighted by Crippen LogP contribution is -2.17. The number of carbonyl (C=O) groups is 1. The number of carbonyl (C=O) groups excluding carboxylic acids is 1. The molecule has 0 saturated heterocycles. The number of ether oxygens (including phenoxy) is 1. The quantitative estimate of drug-likeness (QED) is 0.617. The van der Waals surface area contributed by atoms with Crippen molar-refractivity contribution in [3.63, 3.8) is 0 Å². The van der Waals surface area contributed by atoms with Gasteiger partial charge in [0, 0.05) is 6.42 Å². The summed E-state index contributed by atoms with van der Waals surface area (Å²) in [6, 6.07) is 7.23. The van der Waals surface area contributed by atoms with Gasteiger partial charge in [0.2, 0.25) is 11.1 Å². The fraction of sp³-hybridized carbons (Fsp3) is 0.308. The summed E-state index contributed by atoms with van der Waals surface area (Å²) in [6.07, 6.45) is 0.692. The molecular weight excluding hydrogens is 290 g/mol. The minimum atomic E-state index is -0.162. The van der Waals surface area contributed by atoms with E-state index in [0.29, 0.717) is 28.8 Å². The minimum absolute atomic E-state index is 0.162. The smallest absolute Gasteiger partial charge is 0.234 e. The molecule has 21 heavy (non-hydrogen) atoms. The van der Waals surface area contributed by atoms with Crippen LogP contribution >= 0.6 is 11.8 Å². The second-order valence-electron chi connectivity index (χ2n) is 4.16. The highest BCUT2D eigenvalue weighted by Gasteiger charge is 2.12. The van der Waals surface area contributed by atoms with E-state index >= 15 is 0 Å². The molecule has 8 heteroatoms. The van der Waals surface area contributed by atoms with Gasteiger partial charge in [-0.1, -0.05) is 30.8 Å². The number of hydrogen-bond acceptors (Lipinski definition) is 6. The zero-order valence-electron chi connectivity index (χ0n) is 11.9. The summed E-state index contributed by atoms with van der Waals surface area (Å²) in [5.74, 6) is 7.15. The summed E-state index contributed by atoms with van der Waals surface area (Å²) >= 11 is 1.24. The Labute approximate surface area is 126 Å². The number of nitrogens with two attached hydrogens (primary N) is 1. The number of para-hydroxylation sites is 2. The van der Waals surface area contributed by atoms with Crippen molar-refractivity contribution >= 4 is 23.4 Å². The number of amides is 1. The number of aryl methyl sites for hydroxylation is 1. The van der Waals surface area contributed by atoms with Crippen LogP contribution in [0.2, 0.25) is 0 Å². The topological polar surface area (TPSA) is 95.1 Å². The van der Waals surface area contributed by atoms with Gasteiger partial charge in [0.05, 0.1) is 18.6 Å². The van der Waals surface area contributed by atoms with Gasteiger partial charge in [-0.25, -0.2) is 4.68 Å². The largest absolute Gasteiger partial charge is 0.495 e. The average Bonchev–Trinajstić information content (AvgIpc) is 2.86. The molecule has 0 bridgehead atoms. The van der Waals surface area contributed by atoms with Gasteiger partial charge in [0.1, 0.15) is 5.75 Å². The predicted octanol–water partition coefficient (Wildman–Crippen LogP) is 1.29. The van der Waals surface area contributed by atoms with Gasteiger partial charge in [-0.3, -0.25) is 4.79 Å². The highest BCUT2D eigenvalue weighted by Crippen LogP contribution is 2.23. The predicted molar refractivity (Wildman–Crippen MR) is 81.9 cm³/mol. The van der Waals surface area contributed by atoms with Crippen LogP contribution in [0.3, 0.4) is 0 Å². The maximum atomic E-state index is 12.0. The maximum absolute atomic E-state index is 12.0. The molecule has 1 amide bonds. The molecule has 0 atom stereocenters. The Kier molecular flexibility index (Phi) is 5.04. The third-order valence-electron chi connectivity index (χ3n) is 2.76. The second kappa shape index (κ2) is 6.98. The van der Waals surface area contributed by atoms with Crippen LogP contribution in [0.4, 0.5) is 5.69 Å². The van der Waals surface area contributed by atoms with E-state index < -0.39 is 0 Å². The monoisotopic (exact) mass is 307 g/mol. The first-order valence-corrected chi connectivity index (χ1v) is 7.39. The lowest BCUT2D eigenvalue weighted by atomic mass is 10.3. The normalized spacial score (nSPS) is 10.4. The molecule has 1 aromatic heterocycles. The van der Waals surface area contributed by atoms with Gasteiger partial charge in [0.15, 0.2) is 5.82 Å². The van der Waals surface area contributed by atoms with Crippen LogP contribution in [0, 0.1) is 0 Å². The molecule has 0 unspecified atom stereocenters. The van der Waals surface area contributed by atoms with Crippen LogP contribution < -0.4 is 15.9 Å². The van der Waals surface area contributed by atoms with Gasteiger partial charge in [0.25, 0.3) is 0 Å². The van der Waals surface area contributed by atoms with E-state index in [1.54, 1.807) is 19.2 Å². The van der Waals surface area contributed by atoms with Crippen LogP contribution in [0.5, 0.6) is 5.75 Å². The van der Waals surface area contributed by atoms with Crippen LogP contribution in [0.25, 0.3) is 0 Å². The van der Waals surface area contributed by atoms with Crippen LogP contribution in [-0.4, -0.2) is 33.6 Å². The van der Waals surface area contributed by atoms with Gasteiger partial charge in [-0.2, -0.15) is 0 Å². The zero-order chi connectivity index (χ0) is 15.2. The van der Waals surface area contributed by atoms with Crippen molar-refractivity contribution in [1.82, 2.24) is 14.9 Å². The number of hydrogen-bond donors (Lipinski definition) is 2. The summed E-state index contributed by atoms with van der Waals surface area (Å²) < 4.78 is 6.58. The number of thioether (sulfide) groups is 1. The number of nitrogen functional groups attached to an aromatic ring is 1. The summed E-state index contributed by atoms with van der Waals surface area (Å²) in [7, 11) is 1.56. The van der Waals surface area contributed by atoms with Gasteiger partial charge < -0.3 is 15.9 Å². The molecule has 0 aliphatic heterocycles. The molecule has 3 N–H and O–H groups in total. The van der Waals surface area contributed by atoms with E-state index in [-0.39, 0.29) is 11.7 Å². The lowest BCUT2D eigenvalue weighted by molar-refractivity contribution is -0.113. The lowest BCUT2D eigenvalue weighted by Gasteiger charge is -2.09. The molecular formula is C13H17N5O2S. The van der Waals surface area contributed by atoms with Crippen LogP contribution in [0.1, 0.15) is 12.7 Å². The number of benzene rings is 1. The standard InChI is InChI=1S/C13H17N5O2S/c1-3-11-16-17-13(18(11)14)21-8-12(19)15-9-6-4-5-7-10(9)20-2/h4-7H,3,8,14H2,1-2H3,(H,15,19). The number of nitrogens with zero attached hydrogens (tertiary/aromatic N) is 3. The van der Waals surface area contributed by atoms with Gasteiger partial charge >= 0.3 is 0 Å². The molecule has 0 radical (unpaired) electrons. The van der Waals surface area contributed by atoms with Crippen molar-refractivity contribution in [2.75, 3.05) is 24.0 Å². The van der Waals surface area contributed by atoms with Crippen molar-refractivity contribution in [3.8, 4) is 5.75 Å². The van der Waals surface area contributed by atoms with E-state index in [1.165, 1.54) is 16.4 Å². The third-order valence-corrected chi connectivity index (χ3v) is 3.71. The van der Waals surface area contributed by atoms with Crippen molar-refractivity contribution in [2.45, 2.75) is 18.5 Å². The highest BCUT2D eigenvalue weighted by molar-refractivity contribution is 7.99. The average molecular weight is 307 g/mol. The molecule has 0 aliphatic rings. The van der Waals surface area contributed by atoms with Crippen molar-refractivity contribution in [1.29, 1.82) is 0 Å². The Morgan fingerprint density at radius 1 is 1.43 bits per heavy atom. The van der Waals surface area contributed by atoms with Gasteiger partial charge in [-0.15, -0.1) is 10.2 Å². The first kappa shape index (κ1) is 15.2. The molecule has 0 spiro atoms. The maximum Gasteiger partial charge on any atom is 0.234 e. The van der Waals surface area contributed by atoms with Crippen molar-refractivity contribution in [2.24, 2.45) is 0 Å². The molecule has 0 fully saturated rings. The molecule has 0 aliphatic carbocycles. The second-order valence-corrected chi connectivity index (χ2v) is 5.10. The highest BCUT2D eigenvalue weighted by atomic mass is 32.2. The van der Waals surface area contributed by atoms with Crippen molar-refractivity contribution in [3.05, 3.63) is 30.1 Å². The fourth-order valence-corrected chi connectivity index (χ4v) is 2.39. The Balaban J connectivity index is 1.94. The Morgan fingerprint density at radius 2 is 2.19 bits per heavy atom. The van der Waals surface area contributed by atoms with Crippen LogP contribution in [-0.2, 0) is 11.2 Å². The van der Waals surface area contributed by atoms with E-state index in [2.05, 4.69) is 15.5 Å². The molecule has 2 rings (SSSR count). The Morgan fingerprint density at radius 3 is 2.86 bits per heavy atom. The molecule has 2 aromatic rings. The summed E-state index contributed by atoms with van der Waals surface area (Å²) in [5.41, 5.74) is 0.633. The summed E-state index contributed by atoms with van der Waals surface area (Å²) in [5, 5.41) is 11.2. The SMILES string of the molecule is CCc1nnc(SCC(=O)Nc2ccccc2OC)n1N. The first-order chi connectivity index (χ1) is 10.2. The number of nitrogens with one attached hydrogen (secondary N) is 1. The first-order valence-electron chi connectivity index (χ1n) is 6.40. The minimum Gasteiger partial charge on any atom is -0.495 e. The number of methoxy groups -OCH3 is 1. The van der Waals surface area contributed by atoms with E-state index in [9.17, 15) is 4.79 Å². The van der Waals surface area contributed by atoms with Crippen LogP contribution in [0.15, 0.2) is 29.4 Å². The van der Waals surface area contributed by atoms with E-state index in [4.69, 9.17) is 10.6 Å². The Hall–Kier alpha value is -2.22. The van der Waals surface area contributed by atoms with E-state index in [1.807, 2.05) is 19.1 Å². The Bertz CT molecular complexity index is 629. The van der Waals surface area contributed by atoms with E-state index in [0.717, 1.165) is 0 Å². The molecule has 7 nitrogen and oxygen atoms in total. The summed E-state index contributed by atoms with van der Waals surface area (Å²) in [6.45, 7) is 1.94. The third kappa shape index (κ3) is 3.66. The molecule has 112 valence electrons.